The quantitative estimate of drug-likeness (QED) is 0.305. The smallest absolute Gasteiger partial charge is 0.283 e. The topological polar surface area (TPSA) is 96.6 Å². The average Bonchev–Trinajstić information content (AvgIpc) is 3.22. The number of amides is 1. The van der Waals surface area contributed by atoms with E-state index in [1.165, 1.54) is 29.4 Å². The maximum absolute atomic E-state index is 12.7. The summed E-state index contributed by atoms with van der Waals surface area (Å²) in [4.78, 5) is 16.9. The number of hydrogen-bond donors (Lipinski definition) is 1. The molecular weight excluding hydrogens is 512 g/mol. The number of hydrazone groups is 1. The fraction of sp³-hybridized carbons (Fsp3) is 0.333. The summed E-state index contributed by atoms with van der Waals surface area (Å²) >= 11 is 7.85. The molecule has 0 atom stereocenters. The van der Waals surface area contributed by atoms with Crippen molar-refractivity contribution < 1.29 is 19.0 Å². The van der Waals surface area contributed by atoms with Crippen LogP contribution in [-0.4, -0.2) is 47.3 Å². The number of nitrogens with one attached hydrogen (secondary N) is 1. The van der Waals surface area contributed by atoms with Gasteiger partial charge >= 0.3 is 0 Å². The van der Waals surface area contributed by atoms with Gasteiger partial charge in [-0.2, -0.15) is 15.1 Å². The summed E-state index contributed by atoms with van der Waals surface area (Å²) in [6.45, 7) is 8.80. The fourth-order valence-corrected chi connectivity index (χ4v) is 5.22. The highest BCUT2D eigenvalue weighted by Crippen LogP contribution is 2.38. The lowest BCUT2D eigenvalue weighted by Gasteiger charge is -2.20. The van der Waals surface area contributed by atoms with Gasteiger partial charge < -0.3 is 14.2 Å². The number of halogens is 1. The molecule has 2 heterocycles. The number of thioether (sulfide) groups is 1. The van der Waals surface area contributed by atoms with Crippen LogP contribution >= 0.6 is 23.4 Å². The van der Waals surface area contributed by atoms with E-state index in [1.807, 2.05) is 26.0 Å². The number of methoxy groups -OCH3 is 1. The van der Waals surface area contributed by atoms with Crippen molar-refractivity contribution in [2.24, 2.45) is 16.0 Å². The highest BCUT2D eigenvalue weighted by atomic mass is 35.5. The van der Waals surface area contributed by atoms with Gasteiger partial charge in [0.1, 0.15) is 24.0 Å². The van der Waals surface area contributed by atoms with Crippen LogP contribution in [0.1, 0.15) is 37.0 Å². The third-order valence-corrected chi connectivity index (χ3v) is 6.77. The highest BCUT2D eigenvalue weighted by molar-refractivity contribution is 8.26. The van der Waals surface area contributed by atoms with E-state index < -0.39 is 5.91 Å². The lowest BCUT2D eigenvalue weighted by Crippen LogP contribution is -2.35. The Kier molecular flexibility index (Phi) is 8.24. The fourth-order valence-electron chi connectivity index (χ4n) is 3.85. The van der Waals surface area contributed by atoms with Gasteiger partial charge in [-0.3, -0.25) is 10.2 Å². The van der Waals surface area contributed by atoms with E-state index in [1.54, 1.807) is 18.2 Å². The summed E-state index contributed by atoms with van der Waals surface area (Å²) < 4.78 is 17.2. The summed E-state index contributed by atoms with van der Waals surface area (Å²) in [6.07, 6.45) is 2.32. The minimum absolute atomic E-state index is 0.0276. The Bertz CT molecular complexity index is 1340. The van der Waals surface area contributed by atoms with E-state index in [2.05, 4.69) is 30.0 Å². The second-order valence-electron chi connectivity index (χ2n) is 9.11. The molecule has 0 aliphatic carbocycles. The first-order valence-electron chi connectivity index (χ1n) is 11.9. The number of carbonyl (C=O) groups excluding carboxylic acids is 1. The minimum Gasteiger partial charge on any atom is -0.493 e. The van der Waals surface area contributed by atoms with Gasteiger partial charge in [-0.05, 0) is 66.9 Å². The van der Waals surface area contributed by atoms with E-state index in [0.29, 0.717) is 39.8 Å². The van der Waals surface area contributed by atoms with Gasteiger partial charge in [-0.15, -0.1) is 0 Å². The molecule has 37 heavy (non-hydrogen) atoms. The number of amidine groups is 2. The summed E-state index contributed by atoms with van der Waals surface area (Å²) in [6, 6.07) is 9.36. The van der Waals surface area contributed by atoms with Crippen molar-refractivity contribution in [1.82, 2.24) is 5.01 Å². The molecule has 10 heteroatoms. The molecule has 1 amide bonds. The monoisotopic (exact) mass is 540 g/mol. The first-order valence-corrected chi connectivity index (χ1v) is 13.0. The number of aliphatic imine (C=N–C) groups is 1. The molecule has 0 fully saturated rings. The third kappa shape index (κ3) is 6.17. The molecule has 1 N–H and O–H groups in total. The van der Waals surface area contributed by atoms with Crippen molar-refractivity contribution in [2.45, 2.75) is 34.1 Å². The van der Waals surface area contributed by atoms with Crippen LogP contribution in [-0.2, 0) is 4.79 Å². The molecule has 0 aromatic heterocycles. The number of ether oxygens (including phenoxy) is 3. The number of carbonyl (C=O) groups is 1. The van der Waals surface area contributed by atoms with Gasteiger partial charge in [0.25, 0.3) is 5.91 Å². The molecule has 8 nitrogen and oxygen atoms in total. The number of rotatable bonds is 9. The number of aryl methyl sites for hydroxylation is 2. The van der Waals surface area contributed by atoms with E-state index in [4.69, 9.17) is 31.2 Å². The second kappa shape index (κ2) is 11.4. The Morgan fingerprint density at radius 1 is 1.14 bits per heavy atom. The zero-order chi connectivity index (χ0) is 26.7. The first kappa shape index (κ1) is 26.8. The summed E-state index contributed by atoms with van der Waals surface area (Å²) in [5.41, 5.74) is 2.92. The van der Waals surface area contributed by atoms with Crippen molar-refractivity contribution in [3.8, 4) is 17.2 Å². The first-order chi connectivity index (χ1) is 17.7. The highest BCUT2D eigenvalue weighted by Gasteiger charge is 2.35. The average molecular weight is 541 g/mol. The van der Waals surface area contributed by atoms with E-state index in [-0.39, 0.29) is 18.0 Å². The molecular formula is C27H29ClN4O4S. The van der Waals surface area contributed by atoms with Crippen LogP contribution in [0.15, 0.2) is 46.0 Å². The molecule has 0 saturated carbocycles. The van der Waals surface area contributed by atoms with E-state index in [0.717, 1.165) is 22.8 Å². The Balaban J connectivity index is 1.48. The standard InChI is InChI=1S/C27H29ClN4O4S/c1-15(2)10-23-31-32-25(29)19(26(33)30-27(32)37-23)12-18-13-20(28)24(22(14-18)34-5)36-9-8-35-21-7-6-16(3)11-17(21)4/h6-7,11-15,29H,8-10H2,1-5H3/b19-12-,29-25?. The van der Waals surface area contributed by atoms with Crippen LogP contribution in [0.4, 0.5) is 0 Å². The lowest BCUT2D eigenvalue weighted by molar-refractivity contribution is -0.114. The van der Waals surface area contributed by atoms with Crippen LogP contribution in [0, 0.1) is 25.2 Å². The van der Waals surface area contributed by atoms with Gasteiger partial charge in [0.2, 0.25) is 5.17 Å². The molecule has 0 radical (unpaired) electrons. The zero-order valence-electron chi connectivity index (χ0n) is 21.4. The van der Waals surface area contributed by atoms with Crippen LogP contribution in [0.3, 0.4) is 0 Å². The predicted octanol–water partition coefficient (Wildman–Crippen LogP) is 6.09. The maximum Gasteiger partial charge on any atom is 0.283 e. The molecule has 2 aromatic carbocycles. The van der Waals surface area contributed by atoms with Gasteiger partial charge in [0, 0.05) is 6.42 Å². The molecule has 2 aliphatic heterocycles. The minimum atomic E-state index is -0.497. The zero-order valence-corrected chi connectivity index (χ0v) is 23.0. The maximum atomic E-state index is 12.7. The molecule has 4 rings (SSSR count). The van der Waals surface area contributed by atoms with Gasteiger partial charge in [-0.1, -0.05) is 43.1 Å². The van der Waals surface area contributed by atoms with Crippen molar-refractivity contribution >= 4 is 51.4 Å². The largest absolute Gasteiger partial charge is 0.493 e. The van der Waals surface area contributed by atoms with Gasteiger partial charge in [-0.25, -0.2) is 0 Å². The molecule has 0 bridgehead atoms. The van der Waals surface area contributed by atoms with Crippen LogP contribution in [0.2, 0.25) is 5.02 Å². The van der Waals surface area contributed by atoms with Crippen LogP contribution in [0.5, 0.6) is 17.2 Å². The normalized spacial score (nSPS) is 16.2. The van der Waals surface area contributed by atoms with Crippen LogP contribution < -0.4 is 14.2 Å². The van der Waals surface area contributed by atoms with Crippen LogP contribution in [0.25, 0.3) is 6.08 Å². The molecule has 0 saturated heterocycles. The van der Waals surface area contributed by atoms with E-state index in [9.17, 15) is 4.79 Å². The number of fused-ring (bicyclic) bond motifs is 1. The Labute approximate surface area is 225 Å². The Hall–Kier alpha value is -3.30. The summed E-state index contributed by atoms with van der Waals surface area (Å²) in [5.74, 6) is 1.46. The number of hydrogen-bond acceptors (Lipinski definition) is 7. The molecule has 194 valence electrons. The van der Waals surface area contributed by atoms with Crippen molar-refractivity contribution in [1.29, 1.82) is 5.41 Å². The molecule has 2 aromatic rings. The number of benzene rings is 2. The molecule has 0 unspecified atom stereocenters. The van der Waals surface area contributed by atoms with E-state index >= 15 is 0 Å². The predicted molar refractivity (Wildman–Crippen MR) is 149 cm³/mol. The van der Waals surface area contributed by atoms with Crippen molar-refractivity contribution in [3.63, 3.8) is 0 Å². The molecule has 0 spiro atoms. The van der Waals surface area contributed by atoms with Crippen molar-refractivity contribution in [2.75, 3.05) is 20.3 Å². The third-order valence-electron chi connectivity index (χ3n) is 5.56. The SMILES string of the molecule is COc1cc(/C=C2/C(=N)N3N=C(CC(C)C)SC3=NC2=O)cc(Cl)c1OCCOc1ccc(C)cc1C. The summed E-state index contributed by atoms with van der Waals surface area (Å²) in [7, 11) is 1.51. The molecule has 2 aliphatic rings. The number of nitrogens with zero attached hydrogens (tertiary/aromatic N) is 3. The summed E-state index contributed by atoms with van der Waals surface area (Å²) in [5, 5.41) is 16.0. The Morgan fingerprint density at radius 3 is 2.59 bits per heavy atom. The van der Waals surface area contributed by atoms with Gasteiger partial charge in [0.15, 0.2) is 17.3 Å². The lowest BCUT2D eigenvalue weighted by atomic mass is 10.1. The van der Waals surface area contributed by atoms with Crippen molar-refractivity contribution in [3.05, 3.63) is 57.6 Å². The Morgan fingerprint density at radius 2 is 1.89 bits per heavy atom. The van der Waals surface area contributed by atoms with Gasteiger partial charge in [0.05, 0.1) is 17.7 Å². The second-order valence-corrected chi connectivity index (χ2v) is 10.6.